The average molecular weight is 206 g/mol. The van der Waals surface area contributed by atoms with Crippen LogP contribution in [0.1, 0.15) is 19.3 Å². The Hall–Kier alpha value is -1.60. The molecule has 0 radical (unpaired) electrons. The number of carbonyl (C=O) groups is 2. The summed E-state index contributed by atoms with van der Waals surface area (Å²) in [6.07, 6.45) is 7.36. The van der Waals surface area contributed by atoms with Crippen LogP contribution in [0.4, 0.5) is 0 Å². The highest BCUT2D eigenvalue weighted by atomic mass is 16.5. The average Bonchev–Trinajstić information content (AvgIpc) is 2.29. The standard InChI is InChI=1S/C12H14O3/c1-2-11(12(14)15-9-8-13)10-6-4-3-5-7-10/h3-4,8,10H,1,5-7,9H2. The SMILES string of the molecule is C=C=C(C(=O)OCC=O)C1CC=CCC1. The minimum absolute atomic E-state index is 0.131. The summed E-state index contributed by atoms with van der Waals surface area (Å²) >= 11 is 0. The largest absolute Gasteiger partial charge is 0.454 e. The van der Waals surface area contributed by atoms with Gasteiger partial charge in [0.15, 0.2) is 6.29 Å². The highest BCUT2D eigenvalue weighted by Crippen LogP contribution is 2.25. The molecule has 1 aliphatic carbocycles. The topological polar surface area (TPSA) is 43.4 Å². The summed E-state index contributed by atoms with van der Waals surface area (Å²) in [7, 11) is 0. The molecule has 0 N–H and O–H groups in total. The normalized spacial score (nSPS) is 19.1. The quantitative estimate of drug-likeness (QED) is 0.231. The number of allylic oxidation sites excluding steroid dienone is 2. The Morgan fingerprint density at radius 2 is 2.40 bits per heavy atom. The van der Waals surface area contributed by atoms with Gasteiger partial charge in [-0.15, -0.1) is 5.73 Å². The van der Waals surface area contributed by atoms with Crippen LogP contribution in [0.5, 0.6) is 0 Å². The van der Waals surface area contributed by atoms with Gasteiger partial charge in [0.25, 0.3) is 0 Å². The number of aldehydes is 1. The Morgan fingerprint density at radius 3 is 2.93 bits per heavy atom. The van der Waals surface area contributed by atoms with Crippen molar-refractivity contribution in [2.45, 2.75) is 19.3 Å². The van der Waals surface area contributed by atoms with Crippen LogP contribution >= 0.6 is 0 Å². The van der Waals surface area contributed by atoms with Gasteiger partial charge < -0.3 is 4.74 Å². The van der Waals surface area contributed by atoms with Crippen LogP contribution in [0.3, 0.4) is 0 Å². The van der Waals surface area contributed by atoms with E-state index in [1.807, 2.05) is 6.08 Å². The molecule has 0 bridgehead atoms. The molecule has 0 fully saturated rings. The van der Waals surface area contributed by atoms with Gasteiger partial charge in [0.05, 0.1) is 5.57 Å². The second-order valence-corrected chi connectivity index (χ2v) is 3.34. The van der Waals surface area contributed by atoms with Gasteiger partial charge in [-0.25, -0.2) is 4.79 Å². The van der Waals surface area contributed by atoms with E-state index in [4.69, 9.17) is 4.74 Å². The van der Waals surface area contributed by atoms with Crippen LogP contribution in [-0.2, 0) is 14.3 Å². The first-order chi connectivity index (χ1) is 7.29. The molecule has 0 aromatic rings. The molecule has 0 saturated heterocycles. The first kappa shape index (κ1) is 11.5. The van der Waals surface area contributed by atoms with Gasteiger partial charge in [-0.1, -0.05) is 18.7 Å². The Morgan fingerprint density at radius 1 is 1.60 bits per heavy atom. The number of carbonyl (C=O) groups excluding carboxylic acids is 2. The van der Waals surface area contributed by atoms with Crippen LogP contribution in [0, 0.1) is 5.92 Å². The minimum atomic E-state index is -0.475. The second kappa shape index (κ2) is 5.99. The summed E-state index contributed by atoms with van der Waals surface area (Å²) in [5.41, 5.74) is 3.08. The molecule has 0 amide bonds. The van der Waals surface area contributed by atoms with E-state index in [1.54, 1.807) is 0 Å². The van der Waals surface area contributed by atoms with E-state index in [-0.39, 0.29) is 12.5 Å². The number of ether oxygens (including phenoxy) is 1. The van der Waals surface area contributed by atoms with Crippen molar-refractivity contribution in [3.8, 4) is 0 Å². The van der Waals surface area contributed by atoms with Gasteiger partial charge in [-0.05, 0) is 19.3 Å². The molecule has 15 heavy (non-hydrogen) atoms. The number of esters is 1. The van der Waals surface area contributed by atoms with Crippen molar-refractivity contribution in [3.63, 3.8) is 0 Å². The molecular weight excluding hydrogens is 192 g/mol. The van der Waals surface area contributed by atoms with Gasteiger partial charge in [0.1, 0.15) is 6.61 Å². The molecule has 80 valence electrons. The lowest BCUT2D eigenvalue weighted by molar-refractivity contribution is -0.142. The Balaban J connectivity index is 2.63. The van der Waals surface area contributed by atoms with Gasteiger partial charge >= 0.3 is 5.97 Å². The molecule has 0 aromatic heterocycles. The second-order valence-electron chi connectivity index (χ2n) is 3.34. The van der Waals surface area contributed by atoms with Crippen LogP contribution in [0.15, 0.2) is 30.0 Å². The summed E-state index contributed by atoms with van der Waals surface area (Å²) in [4.78, 5) is 21.6. The van der Waals surface area contributed by atoms with E-state index in [2.05, 4.69) is 18.4 Å². The molecule has 1 atom stereocenters. The third kappa shape index (κ3) is 3.22. The van der Waals surface area contributed by atoms with Crippen molar-refractivity contribution < 1.29 is 14.3 Å². The lowest BCUT2D eigenvalue weighted by atomic mass is 9.88. The highest BCUT2D eigenvalue weighted by Gasteiger charge is 2.21. The zero-order chi connectivity index (χ0) is 11.1. The Bertz CT molecular complexity index is 322. The van der Waals surface area contributed by atoms with E-state index >= 15 is 0 Å². The predicted molar refractivity (Wildman–Crippen MR) is 56.2 cm³/mol. The maximum absolute atomic E-state index is 11.5. The smallest absolute Gasteiger partial charge is 0.342 e. The molecule has 0 heterocycles. The molecule has 3 nitrogen and oxygen atoms in total. The Labute approximate surface area is 89.1 Å². The van der Waals surface area contributed by atoms with Crippen molar-refractivity contribution in [1.82, 2.24) is 0 Å². The third-order valence-electron chi connectivity index (χ3n) is 2.37. The fraction of sp³-hybridized carbons (Fsp3) is 0.417. The van der Waals surface area contributed by atoms with Crippen molar-refractivity contribution in [2.24, 2.45) is 5.92 Å². The highest BCUT2D eigenvalue weighted by molar-refractivity contribution is 5.89. The van der Waals surface area contributed by atoms with Gasteiger partial charge in [-0.3, -0.25) is 4.79 Å². The van der Waals surface area contributed by atoms with Gasteiger partial charge in [-0.2, -0.15) is 0 Å². The van der Waals surface area contributed by atoms with Crippen LogP contribution in [0.2, 0.25) is 0 Å². The molecule has 1 unspecified atom stereocenters. The van der Waals surface area contributed by atoms with Crippen LogP contribution in [-0.4, -0.2) is 18.9 Å². The molecular formula is C12H14O3. The van der Waals surface area contributed by atoms with Crippen LogP contribution < -0.4 is 0 Å². The van der Waals surface area contributed by atoms with Crippen molar-refractivity contribution in [2.75, 3.05) is 6.61 Å². The molecule has 1 rings (SSSR count). The lowest BCUT2D eigenvalue weighted by Gasteiger charge is -2.18. The summed E-state index contributed by atoms with van der Waals surface area (Å²) < 4.78 is 4.73. The minimum Gasteiger partial charge on any atom is -0.454 e. The maximum atomic E-state index is 11.5. The van der Waals surface area contributed by atoms with Crippen LogP contribution in [0.25, 0.3) is 0 Å². The van der Waals surface area contributed by atoms with E-state index in [1.165, 1.54) is 0 Å². The van der Waals surface area contributed by atoms with E-state index in [9.17, 15) is 9.59 Å². The summed E-state index contributed by atoms with van der Waals surface area (Å²) in [6, 6.07) is 0. The predicted octanol–water partition coefficient (Wildman–Crippen LogP) is 1.80. The zero-order valence-corrected chi connectivity index (χ0v) is 8.57. The monoisotopic (exact) mass is 206 g/mol. The van der Waals surface area contributed by atoms with Crippen molar-refractivity contribution >= 4 is 12.3 Å². The summed E-state index contributed by atoms with van der Waals surface area (Å²) in [6.45, 7) is 3.29. The number of rotatable bonds is 4. The lowest BCUT2D eigenvalue weighted by Crippen LogP contribution is -2.17. The molecule has 0 aliphatic heterocycles. The molecule has 1 aliphatic rings. The fourth-order valence-corrected chi connectivity index (χ4v) is 1.63. The molecule has 0 aromatic carbocycles. The first-order valence-corrected chi connectivity index (χ1v) is 4.95. The number of hydrogen-bond acceptors (Lipinski definition) is 3. The van der Waals surface area contributed by atoms with Gasteiger partial charge in [0, 0.05) is 5.92 Å². The molecule has 3 heteroatoms. The maximum Gasteiger partial charge on any atom is 0.342 e. The molecule has 0 saturated carbocycles. The Kier molecular flexibility index (Phi) is 4.58. The summed E-state index contributed by atoms with van der Waals surface area (Å²) in [5, 5.41) is 0. The van der Waals surface area contributed by atoms with Gasteiger partial charge in [0.2, 0.25) is 0 Å². The fourth-order valence-electron chi connectivity index (χ4n) is 1.63. The van der Waals surface area contributed by atoms with Crippen molar-refractivity contribution in [3.05, 3.63) is 30.0 Å². The van der Waals surface area contributed by atoms with E-state index in [0.717, 1.165) is 19.3 Å². The number of hydrogen-bond donors (Lipinski definition) is 0. The zero-order valence-electron chi connectivity index (χ0n) is 8.57. The first-order valence-electron chi connectivity index (χ1n) is 4.95. The third-order valence-corrected chi connectivity index (χ3v) is 2.37. The van der Waals surface area contributed by atoms with E-state index in [0.29, 0.717) is 11.9 Å². The summed E-state index contributed by atoms with van der Waals surface area (Å²) in [5.74, 6) is -0.343. The molecule has 0 spiro atoms. The van der Waals surface area contributed by atoms with Crippen molar-refractivity contribution in [1.29, 1.82) is 0 Å². The van der Waals surface area contributed by atoms with E-state index < -0.39 is 5.97 Å².